The Morgan fingerprint density at radius 3 is 2.74 bits per heavy atom. The maximum atomic E-state index is 12.8. The Bertz CT molecular complexity index is 905. The van der Waals surface area contributed by atoms with Gasteiger partial charge in [-0.3, -0.25) is 4.79 Å². The molecule has 1 aromatic carbocycles. The molecule has 0 N–H and O–H groups in total. The van der Waals surface area contributed by atoms with Crippen LogP contribution >= 0.6 is 27.7 Å². The number of ether oxygens (including phenoxy) is 2. The third kappa shape index (κ3) is 3.47. The van der Waals surface area contributed by atoms with Gasteiger partial charge in [0, 0.05) is 5.56 Å². The first kappa shape index (κ1) is 18.7. The smallest absolute Gasteiger partial charge is 0.261 e. The molecule has 0 saturated carbocycles. The number of benzene rings is 1. The summed E-state index contributed by atoms with van der Waals surface area (Å²) >= 11 is 5.22. The van der Waals surface area contributed by atoms with Crippen molar-refractivity contribution in [1.82, 2.24) is 0 Å². The van der Waals surface area contributed by atoms with Crippen LogP contribution in [0.5, 0.6) is 11.5 Å². The molecule has 2 heterocycles. The lowest BCUT2D eigenvalue weighted by Crippen LogP contribution is -2.26. The lowest BCUT2D eigenvalue weighted by molar-refractivity contribution is -0.118. The minimum absolute atomic E-state index is 0.0166. The monoisotopic (exact) mass is 448 g/mol. The summed E-state index contributed by atoms with van der Waals surface area (Å²) < 4.78 is 12.1. The Hall–Kier alpha value is -1.60. The van der Waals surface area contributed by atoms with Crippen LogP contribution in [0.15, 0.2) is 37.1 Å². The van der Waals surface area contributed by atoms with Crippen molar-refractivity contribution >= 4 is 44.5 Å². The van der Waals surface area contributed by atoms with Gasteiger partial charge in [0.25, 0.3) is 5.91 Å². The van der Waals surface area contributed by atoms with E-state index in [4.69, 9.17) is 14.5 Å². The second-order valence-corrected chi connectivity index (χ2v) is 9.04. The van der Waals surface area contributed by atoms with Crippen LogP contribution < -0.4 is 9.47 Å². The van der Waals surface area contributed by atoms with Crippen LogP contribution in [0.4, 0.5) is 0 Å². The number of nitrogens with zero attached hydrogens (tertiary/aromatic N) is 2. The molecule has 1 aromatic rings. The number of amides is 1. The van der Waals surface area contributed by atoms with Crippen molar-refractivity contribution in [3.05, 3.63) is 32.6 Å². The van der Waals surface area contributed by atoms with Gasteiger partial charge in [0.2, 0.25) is 0 Å². The average molecular weight is 449 g/mol. The number of allylic oxidation sites excluding steroid dienone is 1. The molecule has 7 heteroatoms. The lowest BCUT2D eigenvalue weighted by Gasteiger charge is -2.19. The largest absolute Gasteiger partial charge is 0.493 e. The highest BCUT2D eigenvalue weighted by Crippen LogP contribution is 2.47. The minimum atomic E-state index is -0.247. The fourth-order valence-electron chi connectivity index (χ4n) is 3.63. The summed E-state index contributed by atoms with van der Waals surface area (Å²) in [7, 11) is 1.60. The molecule has 3 aliphatic rings. The molecule has 4 rings (SSSR count). The number of methoxy groups -OCH3 is 1. The first-order valence-electron chi connectivity index (χ1n) is 9.13. The summed E-state index contributed by atoms with van der Waals surface area (Å²) in [6.07, 6.45) is 4.40. The number of hydrogen-bond acceptors (Lipinski definition) is 5. The van der Waals surface area contributed by atoms with Gasteiger partial charge in [-0.2, -0.15) is 4.99 Å². The van der Waals surface area contributed by atoms with Gasteiger partial charge < -0.3 is 9.47 Å². The number of rotatable bonds is 4. The van der Waals surface area contributed by atoms with E-state index in [9.17, 15) is 4.79 Å². The van der Waals surface area contributed by atoms with Gasteiger partial charge in [-0.1, -0.05) is 11.8 Å². The van der Waals surface area contributed by atoms with Crippen LogP contribution in [0.2, 0.25) is 0 Å². The highest BCUT2D eigenvalue weighted by molar-refractivity contribution is 9.10. The molecule has 1 unspecified atom stereocenters. The summed E-state index contributed by atoms with van der Waals surface area (Å²) in [5, 5.41) is 0.870. The van der Waals surface area contributed by atoms with Crippen LogP contribution in [0.25, 0.3) is 0 Å². The molecule has 1 amide bonds. The van der Waals surface area contributed by atoms with Gasteiger partial charge >= 0.3 is 0 Å². The number of fused-ring (bicyclic) bond motifs is 2. The topological polar surface area (TPSA) is 60.2 Å². The van der Waals surface area contributed by atoms with Gasteiger partial charge in [-0.25, -0.2) is 4.99 Å². The van der Waals surface area contributed by atoms with Crippen molar-refractivity contribution in [1.29, 1.82) is 0 Å². The molecule has 0 bridgehead atoms. The number of carbonyl (C=O) groups is 1. The number of thioether (sulfide) groups is 1. The van der Waals surface area contributed by atoms with Gasteiger partial charge in [0.1, 0.15) is 5.92 Å². The second kappa shape index (κ2) is 7.43. The minimum Gasteiger partial charge on any atom is -0.493 e. The second-order valence-electron chi connectivity index (χ2n) is 7.07. The summed E-state index contributed by atoms with van der Waals surface area (Å²) in [6, 6.07) is 3.70. The number of halogens is 1. The van der Waals surface area contributed by atoms with E-state index < -0.39 is 0 Å². The van der Waals surface area contributed by atoms with E-state index in [0.717, 1.165) is 34.3 Å². The molecule has 1 atom stereocenters. The van der Waals surface area contributed by atoms with Crippen molar-refractivity contribution < 1.29 is 14.3 Å². The van der Waals surface area contributed by atoms with Gasteiger partial charge in [0.05, 0.1) is 22.7 Å². The molecular weight excluding hydrogens is 428 g/mol. The van der Waals surface area contributed by atoms with E-state index in [1.54, 1.807) is 18.9 Å². The molecule has 1 aliphatic carbocycles. The quantitative estimate of drug-likeness (QED) is 0.640. The van der Waals surface area contributed by atoms with Crippen LogP contribution in [-0.4, -0.2) is 30.0 Å². The predicted molar refractivity (Wildman–Crippen MR) is 112 cm³/mol. The maximum absolute atomic E-state index is 12.8. The maximum Gasteiger partial charge on any atom is 0.261 e. The number of aliphatic imine (C=N–C) groups is 2. The summed E-state index contributed by atoms with van der Waals surface area (Å²) in [5.74, 6) is 1.31. The summed E-state index contributed by atoms with van der Waals surface area (Å²) in [6.45, 7) is 3.92. The first-order chi connectivity index (χ1) is 13.0. The highest BCUT2D eigenvalue weighted by Gasteiger charge is 2.40. The normalized spacial score (nSPS) is 21.7. The fourth-order valence-corrected chi connectivity index (χ4v) is 5.50. The Morgan fingerprint density at radius 2 is 2.00 bits per heavy atom. The van der Waals surface area contributed by atoms with Crippen LogP contribution in [0.1, 0.15) is 45.1 Å². The molecule has 0 saturated heterocycles. The third-order valence-electron chi connectivity index (χ3n) is 4.80. The molecule has 27 heavy (non-hydrogen) atoms. The zero-order valence-corrected chi connectivity index (χ0v) is 17.9. The standard InChI is InChI=1S/C20H21BrN2O3S/c1-10(2)26-17-13(21)8-11(9-14(17)25-3)18-22-19(24)16-12-6-4-5-7-15(12)27-20(16)23-18/h8-10,16H,4-7H2,1-3H3. The Balaban J connectivity index is 1.69. The molecular formula is C20H21BrN2O3S. The first-order valence-corrected chi connectivity index (χ1v) is 10.7. The van der Waals surface area contributed by atoms with Crippen molar-refractivity contribution in [3.8, 4) is 11.5 Å². The fraction of sp³-hybridized carbons (Fsp3) is 0.450. The Morgan fingerprint density at radius 1 is 1.22 bits per heavy atom. The molecule has 0 radical (unpaired) electrons. The van der Waals surface area contributed by atoms with E-state index in [2.05, 4.69) is 20.9 Å². The summed E-state index contributed by atoms with van der Waals surface area (Å²) in [5.41, 5.74) is 1.98. The predicted octanol–water partition coefficient (Wildman–Crippen LogP) is 5.12. The van der Waals surface area contributed by atoms with E-state index in [1.807, 2.05) is 26.0 Å². The lowest BCUT2D eigenvalue weighted by atomic mass is 9.89. The molecule has 5 nitrogen and oxygen atoms in total. The molecule has 2 aliphatic heterocycles. The molecule has 0 aromatic heterocycles. The zero-order valence-electron chi connectivity index (χ0n) is 15.5. The van der Waals surface area contributed by atoms with Gasteiger partial charge in [-0.05, 0) is 78.1 Å². The average Bonchev–Trinajstić information content (AvgIpc) is 3.01. The number of amidine groups is 1. The van der Waals surface area contributed by atoms with E-state index in [1.165, 1.54) is 16.9 Å². The van der Waals surface area contributed by atoms with E-state index in [0.29, 0.717) is 17.3 Å². The highest BCUT2D eigenvalue weighted by atomic mass is 79.9. The molecule has 142 valence electrons. The zero-order chi connectivity index (χ0) is 19.1. The molecule has 0 spiro atoms. The van der Waals surface area contributed by atoms with E-state index in [-0.39, 0.29) is 17.9 Å². The van der Waals surface area contributed by atoms with Crippen molar-refractivity contribution in [2.75, 3.05) is 7.11 Å². The Kier molecular flexibility index (Phi) is 5.16. The van der Waals surface area contributed by atoms with Crippen LogP contribution in [0.3, 0.4) is 0 Å². The van der Waals surface area contributed by atoms with Gasteiger partial charge in [0.15, 0.2) is 17.3 Å². The van der Waals surface area contributed by atoms with Crippen LogP contribution in [0, 0.1) is 5.92 Å². The van der Waals surface area contributed by atoms with Crippen molar-refractivity contribution in [2.24, 2.45) is 15.9 Å². The number of hydrogen-bond donors (Lipinski definition) is 0. The van der Waals surface area contributed by atoms with E-state index >= 15 is 0 Å². The Labute approximate surface area is 171 Å². The van der Waals surface area contributed by atoms with Crippen molar-refractivity contribution in [3.63, 3.8) is 0 Å². The molecule has 0 fully saturated rings. The van der Waals surface area contributed by atoms with Gasteiger partial charge in [-0.15, -0.1) is 0 Å². The SMILES string of the molecule is COc1cc(C2=NC(=O)C3C(=N2)SC2=C3CCCC2)cc(Br)c1OC(C)C. The third-order valence-corrected chi connectivity index (χ3v) is 6.64. The van der Waals surface area contributed by atoms with Crippen LogP contribution in [-0.2, 0) is 4.79 Å². The number of carbonyl (C=O) groups excluding carboxylic acids is 1. The van der Waals surface area contributed by atoms with Crippen molar-refractivity contribution in [2.45, 2.75) is 45.6 Å². The summed E-state index contributed by atoms with van der Waals surface area (Å²) in [4.78, 5) is 23.2.